The van der Waals surface area contributed by atoms with Crippen molar-refractivity contribution in [2.75, 3.05) is 0 Å². The van der Waals surface area contributed by atoms with Crippen LogP contribution in [-0.4, -0.2) is 0 Å². The van der Waals surface area contributed by atoms with Gasteiger partial charge in [0.1, 0.15) is 0 Å². The molecule has 1 unspecified atom stereocenters. The molecular weight excluding hydrogens is 288 g/mol. The summed E-state index contributed by atoms with van der Waals surface area (Å²) in [5.41, 5.74) is 6.76. The normalized spacial score (nSPS) is 21.1. The smallest absolute Gasteiger partial charge is 0.0118 e. The maximum Gasteiger partial charge on any atom is -0.0118 e. The molecule has 0 saturated heterocycles. The van der Waals surface area contributed by atoms with Gasteiger partial charge in [-0.25, -0.2) is 0 Å². The van der Waals surface area contributed by atoms with Crippen LogP contribution in [0.1, 0.15) is 44.2 Å². The highest BCUT2D eigenvalue weighted by molar-refractivity contribution is 5.82. The van der Waals surface area contributed by atoms with Gasteiger partial charge < -0.3 is 0 Å². The Kier molecular flexibility index (Phi) is 5.48. The number of fused-ring (bicyclic) bond motifs is 1. The summed E-state index contributed by atoms with van der Waals surface area (Å²) in [6.45, 7) is 4.11. The number of hydrogen-bond donors (Lipinski definition) is 0. The van der Waals surface area contributed by atoms with Crippen LogP contribution >= 0.6 is 0 Å². The van der Waals surface area contributed by atoms with Gasteiger partial charge in [-0.3, -0.25) is 0 Å². The first-order valence-electron chi connectivity index (χ1n) is 8.97. The van der Waals surface area contributed by atoms with E-state index in [-0.39, 0.29) is 0 Å². The zero-order chi connectivity index (χ0) is 16.8. The maximum absolute atomic E-state index is 2.35. The molecule has 0 saturated carbocycles. The van der Waals surface area contributed by atoms with Crippen LogP contribution in [0.15, 0.2) is 84.5 Å². The van der Waals surface area contributed by atoms with Gasteiger partial charge in [0.2, 0.25) is 0 Å². The van der Waals surface area contributed by atoms with Crippen LogP contribution in [0.2, 0.25) is 0 Å². The lowest BCUT2D eigenvalue weighted by atomic mass is 9.79. The molecule has 0 heteroatoms. The molecule has 0 aromatic heterocycles. The van der Waals surface area contributed by atoms with Crippen molar-refractivity contribution in [2.24, 2.45) is 5.92 Å². The summed E-state index contributed by atoms with van der Waals surface area (Å²) in [6.07, 6.45) is 23.6. The van der Waals surface area contributed by atoms with Gasteiger partial charge in [0.05, 0.1) is 0 Å². The molecule has 0 radical (unpaired) electrons. The Hall–Kier alpha value is -2.34. The van der Waals surface area contributed by atoms with E-state index in [4.69, 9.17) is 0 Å². The first kappa shape index (κ1) is 16.5. The molecule has 1 aromatic carbocycles. The average molecular weight is 314 g/mol. The van der Waals surface area contributed by atoms with E-state index in [1.807, 2.05) is 6.92 Å². The molecular formula is C24H26. The predicted molar refractivity (Wildman–Crippen MR) is 107 cm³/mol. The fourth-order valence-electron chi connectivity index (χ4n) is 3.53. The first-order chi connectivity index (χ1) is 11.8. The molecule has 0 amide bonds. The van der Waals surface area contributed by atoms with Crippen molar-refractivity contribution in [3.05, 3.63) is 95.6 Å². The Balaban J connectivity index is 1.94. The van der Waals surface area contributed by atoms with E-state index in [2.05, 4.69) is 85.9 Å². The van der Waals surface area contributed by atoms with Gasteiger partial charge in [-0.15, -0.1) is 0 Å². The van der Waals surface area contributed by atoms with Gasteiger partial charge in [-0.2, -0.15) is 0 Å². The summed E-state index contributed by atoms with van der Waals surface area (Å²) in [5.74, 6) is 0.711. The molecule has 0 aliphatic heterocycles. The Morgan fingerprint density at radius 1 is 1.00 bits per heavy atom. The van der Waals surface area contributed by atoms with Crippen LogP contribution in [0.4, 0.5) is 0 Å². The predicted octanol–water partition coefficient (Wildman–Crippen LogP) is 6.90. The molecule has 0 N–H and O–H groups in total. The van der Waals surface area contributed by atoms with Crippen molar-refractivity contribution >= 4 is 11.1 Å². The average Bonchev–Trinajstić information content (AvgIpc) is 2.65. The molecule has 2 aliphatic carbocycles. The molecule has 0 spiro atoms. The number of hydrogen-bond acceptors (Lipinski definition) is 0. The van der Waals surface area contributed by atoms with Gasteiger partial charge in [0.15, 0.2) is 0 Å². The largest absolute Gasteiger partial charge is 0.0876 e. The third-order valence-electron chi connectivity index (χ3n) is 4.78. The fraction of sp³-hybridized carbons (Fsp3) is 0.250. The third kappa shape index (κ3) is 3.59. The minimum absolute atomic E-state index is 0.711. The van der Waals surface area contributed by atoms with Gasteiger partial charge in [0, 0.05) is 0 Å². The lowest BCUT2D eigenvalue weighted by molar-refractivity contribution is 0.568. The molecule has 2 aliphatic rings. The summed E-state index contributed by atoms with van der Waals surface area (Å²) in [5, 5.41) is 0. The molecule has 0 nitrogen and oxygen atoms in total. The topological polar surface area (TPSA) is 0 Å². The highest BCUT2D eigenvalue weighted by atomic mass is 14.2. The zero-order valence-corrected chi connectivity index (χ0v) is 14.7. The summed E-state index contributed by atoms with van der Waals surface area (Å²) < 4.78 is 0. The van der Waals surface area contributed by atoms with Gasteiger partial charge in [-0.1, -0.05) is 78.9 Å². The van der Waals surface area contributed by atoms with Crippen molar-refractivity contribution in [1.29, 1.82) is 0 Å². The molecule has 0 fully saturated rings. The molecule has 122 valence electrons. The molecule has 0 bridgehead atoms. The molecule has 24 heavy (non-hydrogen) atoms. The molecule has 1 aromatic rings. The van der Waals surface area contributed by atoms with Crippen LogP contribution in [0.3, 0.4) is 0 Å². The Morgan fingerprint density at radius 2 is 1.83 bits per heavy atom. The number of rotatable bonds is 4. The lowest BCUT2D eigenvalue weighted by Crippen LogP contribution is -2.10. The quantitative estimate of drug-likeness (QED) is 0.530. The van der Waals surface area contributed by atoms with Gasteiger partial charge >= 0.3 is 0 Å². The van der Waals surface area contributed by atoms with E-state index < -0.39 is 0 Å². The summed E-state index contributed by atoms with van der Waals surface area (Å²) >= 11 is 0. The second kappa shape index (κ2) is 7.97. The van der Waals surface area contributed by atoms with E-state index in [1.165, 1.54) is 47.1 Å². The minimum atomic E-state index is 0.711. The minimum Gasteiger partial charge on any atom is -0.0876 e. The van der Waals surface area contributed by atoms with E-state index >= 15 is 0 Å². The van der Waals surface area contributed by atoms with Crippen molar-refractivity contribution in [3.63, 3.8) is 0 Å². The second-order valence-corrected chi connectivity index (χ2v) is 6.41. The number of benzene rings is 1. The van der Waals surface area contributed by atoms with E-state index in [1.54, 1.807) is 0 Å². The SMILES string of the molecule is C\C=C/C(=C\C=C\C)c1ccc(C2=C3C=CCCC3CC=C2)cc1. The van der Waals surface area contributed by atoms with Crippen molar-refractivity contribution < 1.29 is 0 Å². The zero-order valence-electron chi connectivity index (χ0n) is 14.7. The Bertz CT molecular complexity index is 746. The van der Waals surface area contributed by atoms with Crippen LogP contribution in [0.25, 0.3) is 11.1 Å². The summed E-state index contributed by atoms with van der Waals surface area (Å²) in [4.78, 5) is 0. The van der Waals surface area contributed by atoms with E-state index in [0.29, 0.717) is 5.92 Å². The number of allylic oxidation sites excluding steroid dienone is 12. The fourth-order valence-corrected chi connectivity index (χ4v) is 3.53. The monoisotopic (exact) mass is 314 g/mol. The Morgan fingerprint density at radius 3 is 2.58 bits per heavy atom. The molecule has 1 atom stereocenters. The highest BCUT2D eigenvalue weighted by Crippen LogP contribution is 2.37. The van der Waals surface area contributed by atoms with Gasteiger partial charge in [0.25, 0.3) is 0 Å². The summed E-state index contributed by atoms with van der Waals surface area (Å²) in [7, 11) is 0. The van der Waals surface area contributed by atoms with Crippen molar-refractivity contribution in [1.82, 2.24) is 0 Å². The van der Waals surface area contributed by atoms with Crippen molar-refractivity contribution in [3.8, 4) is 0 Å². The van der Waals surface area contributed by atoms with Crippen LogP contribution in [0.5, 0.6) is 0 Å². The highest BCUT2D eigenvalue weighted by Gasteiger charge is 2.20. The van der Waals surface area contributed by atoms with E-state index in [0.717, 1.165) is 0 Å². The molecule has 0 heterocycles. The lowest BCUT2D eigenvalue weighted by Gasteiger charge is -2.26. The second-order valence-electron chi connectivity index (χ2n) is 6.41. The molecule has 3 rings (SSSR count). The first-order valence-corrected chi connectivity index (χ1v) is 8.97. The van der Waals surface area contributed by atoms with Crippen LogP contribution < -0.4 is 0 Å². The van der Waals surface area contributed by atoms with Crippen LogP contribution in [0, 0.1) is 5.92 Å². The Labute approximate surface area is 146 Å². The maximum atomic E-state index is 2.35. The van der Waals surface area contributed by atoms with Crippen molar-refractivity contribution in [2.45, 2.75) is 33.1 Å². The standard InChI is InChI=1S/C24H26/c1-3-5-10-19(9-4-2)20-15-17-22(18-16-20)24-14-8-12-21-11-6-7-13-23(21)24/h3-5,7-10,13-18,21H,6,11-12H2,1-2H3/b5-3+,9-4-,19-10+. The van der Waals surface area contributed by atoms with Crippen LogP contribution in [-0.2, 0) is 0 Å². The summed E-state index contributed by atoms with van der Waals surface area (Å²) in [6, 6.07) is 9.00. The van der Waals surface area contributed by atoms with E-state index in [9.17, 15) is 0 Å². The third-order valence-corrected chi connectivity index (χ3v) is 4.78. The van der Waals surface area contributed by atoms with Gasteiger partial charge in [-0.05, 0) is 66.9 Å².